The van der Waals surface area contributed by atoms with Crippen molar-refractivity contribution in [3.63, 3.8) is 0 Å². The molecule has 6 nitrogen and oxygen atoms in total. The molecular weight excluding hydrogens is 304 g/mol. The van der Waals surface area contributed by atoms with Gasteiger partial charge in [0.1, 0.15) is 29.1 Å². The summed E-state index contributed by atoms with van der Waals surface area (Å²) in [5.41, 5.74) is 6.76. The Morgan fingerprint density at radius 3 is 2.54 bits per heavy atom. The van der Waals surface area contributed by atoms with Crippen molar-refractivity contribution >= 4 is 5.82 Å². The van der Waals surface area contributed by atoms with Gasteiger partial charge in [0.25, 0.3) is 5.56 Å². The Hall–Kier alpha value is -3.09. The van der Waals surface area contributed by atoms with Gasteiger partial charge in [-0.15, -0.1) is 0 Å². The predicted molar refractivity (Wildman–Crippen MR) is 90.9 cm³/mol. The fourth-order valence-corrected chi connectivity index (χ4v) is 2.35. The van der Waals surface area contributed by atoms with E-state index in [1.54, 1.807) is 12.1 Å². The van der Waals surface area contributed by atoms with E-state index in [1.807, 2.05) is 38.1 Å². The van der Waals surface area contributed by atoms with Gasteiger partial charge in [0.2, 0.25) is 0 Å². The van der Waals surface area contributed by atoms with Gasteiger partial charge in [0, 0.05) is 5.56 Å². The first-order valence-corrected chi connectivity index (χ1v) is 7.59. The number of anilines is 1. The van der Waals surface area contributed by atoms with E-state index in [2.05, 4.69) is 4.98 Å². The quantitative estimate of drug-likeness (QED) is 0.878. The molecule has 0 aliphatic heterocycles. The van der Waals surface area contributed by atoms with Crippen LogP contribution in [0.15, 0.2) is 29.1 Å². The number of benzene rings is 1. The fourth-order valence-electron chi connectivity index (χ4n) is 2.35. The van der Waals surface area contributed by atoms with E-state index < -0.39 is 5.56 Å². The van der Waals surface area contributed by atoms with Gasteiger partial charge in [-0.25, -0.2) is 0 Å². The topological polar surface area (TPSA) is 116 Å². The van der Waals surface area contributed by atoms with E-state index in [4.69, 9.17) is 10.5 Å². The lowest BCUT2D eigenvalue weighted by Gasteiger charge is -2.15. The van der Waals surface area contributed by atoms with Crippen molar-refractivity contribution in [2.45, 2.75) is 33.0 Å². The van der Waals surface area contributed by atoms with Crippen molar-refractivity contribution < 1.29 is 4.74 Å². The highest BCUT2D eigenvalue weighted by Gasteiger charge is 2.20. The summed E-state index contributed by atoms with van der Waals surface area (Å²) in [5, 5.41) is 18.8. The summed E-state index contributed by atoms with van der Waals surface area (Å²) in [6, 6.07) is 11.1. The molecule has 2 aromatic rings. The van der Waals surface area contributed by atoms with Crippen LogP contribution in [0.1, 0.15) is 37.0 Å². The number of nitrogens with zero attached hydrogens (tertiary/aromatic N) is 2. The third-order valence-electron chi connectivity index (χ3n) is 3.85. The number of nitrogens with two attached hydrogens (primary N) is 1. The molecule has 0 fully saturated rings. The zero-order chi connectivity index (χ0) is 17.7. The second-order valence-electron chi connectivity index (χ2n) is 5.40. The van der Waals surface area contributed by atoms with Crippen LogP contribution < -0.4 is 11.3 Å². The average molecular weight is 322 g/mol. The number of hydrogen-bond acceptors (Lipinski definition) is 5. The molecule has 0 spiro atoms. The van der Waals surface area contributed by atoms with Gasteiger partial charge in [-0.3, -0.25) is 4.79 Å². The Bertz CT molecular complexity index is 887. The van der Waals surface area contributed by atoms with Crippen LogP contribution >= 0.6 is 0 Å². The Labute approximate surface area is 140 Å². The summed E-state index contributed by atoms with van der Waals surface area (Å²) in [5.74, 6) is -0.0471. The van der Waals surface area contributed by atoms with Crippen LogP contribution in [-0.2, 0) is 11.3 Å². The lowest BCUT2D eigenvalue weighted by Crippen LogP contribution is -2.17. The summed E-state index contributed by atoms with van der Waals surface area (Å²) in [7, 11) is 0. The highest BCUT2D eigenvalue weighted by molar-refractivity contribution is 5.81. The first kappa shape index (κ1) is 17.3. The van der Waals surface area contributed by atoms with E-state index >= 15 is 0 Å². The highest BCUT2D eigenvalue weighted by atomic mass is 16.5. The number of aromatic nitrogens is 1. The third-order valence-corrected chi connectivity index (χ3v) is 3.85. The van der Waals surface area contributed by atoms with E-state index in [-0.39, 0.29) is 28.6 Å². The molecule has 0 aliphatic carbocycles. The summed E-state index contributed by atoms with van der Waals surface area (Å²) >= 11 is 0. The molecule has 24 heavy (non-hydrogen) atoms. The summed E-state index contributed by atoms with van der Waals surface area (Å²) in [6.07, 6.45) is 0.945. The number of nitrogens with one attached hydrogen (secondary N) is 1. The standard InChI is InChI=1S/C18H18N4O2/c1-3-11(2)24-10-12-6-4-5-7-13(12)16-14(8-19)17(21)22-18(23)15(16)9-20/h4-7,11H,3,10H2,1-2H3,(H3,21,22,23). The molecule has 1 aromatic heterocycles. The van der Waals surface area contributed by atoms with E-state index in [0.717, 1.165) is 12.0 Å². The SMILES string of the molecule is CCC(C)OCc1ccccc1-c1c(C#N)c(N)[nH]c(=O)c1C#N. The maximum atomic E-state index is 12.1. The molecule has 0 radical (unpaired) electrons. The van der Waals surface area contributed by atoms with Gasteiger partial charge < -0.3 is 15.5 Å². The molecule has 2 rings (SSSR count). The molecule has 0 saturated carbocycles. The zero-order valence-electron chi connectivity index (χ0n) is 13.6. The smallest absolute Gasteiger partial charge is 0.268 e. The number of rotatable bonds is 5. The summed E-state index contributed by atoms with van der Waals surface area (Å²) < 4.78 is 5.76. The van der Waals surface area contributed by atoms with Crippen LogP contribution in [0, 0.1) is 22.7 Å². The van der Waals surface area contributed by atoms with Gasteiger partial charge >= 0.3 is 0 Å². The molecule has 0 amide bonds. The Balaban J connectivity index is 2.68. The fraction of sp³-hybridized carbons (Fsp3) is 0.278. The van der Waals surface area contributed by atoms with E-state index in [1.165, 1.54) is 0 Å². The lowest BCUT2D eigenvalue weighted by molar-refractivity contribution is 0.0511. The minimum atomic E-state index is -0.610. The number of nitriles is 2. The highest BCUT2D eigenvalue weighted by Crippen LogP contribution is 2.31. The summed E-state index contributed by atoms with van der Waals surface area (Å²) in [6.45, 7) is 4.30. The predicted octanol–water partition coefficient (Wildman–Crippen LogP) is 2.68. The van der Waals surface area contributed by atoms with Crippen LogP contribution in [0.2, 0.25) is 0 Å². The molecule has 6 heteroatoms. The largest absolute Gasteiger partial charge is 0.384 e. The minimum absolute atomic E-state index is 0.0471. The van der Waals surface area contributed by atoms with Gasteiger partial charge in [0.15, 0.2) is 0 Å². The molecular formula is C18H18N4O2. The van der Waals surface area contributed by atoms with Gasteiger partial charge in [-0.2, -0.15) is 10.5 Å². The van der Waals surface area contributed by atoms with Gasteiger partial charge in [-0.1, -0.05) is 31.2 Å². The van der Waals surface area contributed by atoms with Crippen LogP contribution in [0.3, 0.4) is 0 Å². The van der Waals surface area contributed by atoms with Crippen molar-refractivity contribution in [2.24, 2.45) is 0 Å². The van der Waals surface area contributed by atoms with E-state index in [0.29, 0.717) is 12.2 Å². The maximum Gasteiger partial charge on any atom is 0.268 e. The van der Waals surface area contributed by atoms with Gasteiger partial charge in [0.05, 0.1) is 12.7 Å². The number of hydrogen-bond donors (Lipinski definition) is 2. The number of ether oxygens (including phenoxy) is 1. The molecule has 1 aromatic carbocycles. The third kappa shape index (κ3) is 3.29. The molecule has 0 saturated heterocycles. The summed E-state index contributed by atoms with van der Waals surface area (Å²) in [4.78, 5) is 14.4. The average Bonchev–Trinajstić information content (AvgIpc) is 2.59. The number of H-pyrrole nitrogens is 1. The van der Waals surface area contributed by atoms with E-state index in [9.17, 15) is 15.3 Å². The number of pyridine rings is 1. The molecule has 1 heterocycles. The monoisotopic (exact) mass is 322 g/mol. The van der Waals surface area contributed by atoms with Crippen molar-refractivity contribution in [1.29, 1.82) is 10.5 Å². The molecule has 0 bridgehead atoms. The number of nitrogen functional groups attached to an aromatic ring is 1. The van der Waals surface area contributed by atoms with Crippen LogP contribution in [0.5, 0.6) is 0 Å². The molecule has 1 atom stereocenters. The Morgan fingerprint density at radius 1 is 1.25 bits per heavy atom. The van der Waals surface area contributed by atoms with Crippen molar-refractivity contribution in [3.8, 4) is 23.3 Å². The Morgan fingerprint density at radius 2 is 1.92 bits per heavy atom. The first-order valence-electron chi connectivity index (χ1n) is 7.59. The van der Waals surface area contributed by atoms with Crippen molar-refractivity contribution in [2.75, 3.05) is 5.73 Å². The van der Waals surface area contributed by atoms with Crippen molar-refractivity contribution in [1.82, 2.24) is 4.98 Å². The molecule has 1 unspecified atom stereocenters. The second-order valence-corrected chi connectivity index (χ2v) is 5.40. The van der Waals surface area contributed by atoms with Gasteiger partial charge in [-0.05, 0) is 24.5 Å². The first-order chi connectivity index (χ1) is 11.5. The Kier molecular flexibility index (Phi) is 5.36. The lowest BCUT2D eigenvalue weighted by atomic mass is 9.93. The molecule has 122 valence electrons. The van der Waals surface area contributed by atoms with Crippen LogP contribution in [0.25, 0.3) is 11.1 Å². The van der Waals surface area contributed by atoms with Crippen LogP contribution in [0.4, 0.5) is 5.82 Å². The maximum absolute atomic E-state index is 12.1. The minimum Gasteiger partial charge on any atom is -0.384 e. The van der Waals surface area contributed by atoms with Crippen molar-refractivity contribution in [3.05, 3.63) is 51.3 Å². The van der Waals surface area contributed by atoms with Crippen LogP contribution in [-0.4, -0.2) is 11.1 Å². The molecule has 0 aliphatic rings. The molecule has 3 N–H and O–H groups in total. The second kappa shape index (κ2) is 7.45. The normalized spacial score (nSPS) is 11.5. The number of aromatic amines is 1. The zero-order valence-corrected chi connectivity index (χ0v) is 13.6.